The van der Waals surface area contributed by atoms with Gasteiger partial charge in [-0.1, -0.05) is 39.8 Å². The van der Waals surface area contributed by atoms with Crippen LogP contribution in [-0.2, 0) is 41.4 Å². The van der Waals surface area contributed by atoms with E-state index in [0.29, 0.717) is 13.2 Å². The molecule has 0 radical (unpaired) electrons. The number of ketones is 2. The molecule has 4 unspecified atom stereocenters. The van der Waals surface area contributed by atoms with Gasteiger partial charge in [-0.2, -0.15) is 0 Å². The van der Waals surface area contributed by atoms with E-state index in [1.165, 1.54) is 38.5 Å². The maximum absolute atomic E-state index is 14.5. The smallest absolute Gasteiger partial charge is 0.307 e. The highest BCUT2D eigenvalue weighted by Gasteiger charge is 2.37. The van der Waals surface area contributed by atoms with Gasteiger partial charge in [-0.3, -0.25) is 29.1 Å². The van der Waals surface area contributed by atoms with Gasteiger partial charge < -0.3 is 18.9 Å². The van der Waals surface area contributed by atoms with Gasteiger partial charge in [0.15, 0.2) is 11.6 Å². The monoisotopic (exact) mass is 1080 g/mol. The number of rotatable bonds is 18. The van der Waals surface area contributed by atoms with Crippen LogP contribution in [0.2, 0.25) is 0 Å². The zero-order valence-electron chi connectivity index (χ0n) is 44.3. The van der Waals surface area contributed by atoms with Crippen molar-refractivity contribution in [3.05, 3.63) is 166 Å². The zero-order valence-corrected chi connectivity index (χ0v) is 44.3. The molecule has 18 heteroatoms. The molecule has 0 spiro atoms. The highest BCUT2D eigenvalue weighted by molar-refractivity contribution is 5.97. The van der Waals surface area contributed by atoms with Crippen molar-refractivity contribution >= 4 is 23.5 Å². The molecule has 78 heavy (non-hydrogen) atoms. The number of pyridine rings is 4. The summed E-state index contributed by atoms with van der Waals surface area (Å²) in [5.41, 5.74) is 0.942. The minimum absolute atomic E-state index is 0.00145. The van der Waals surface area contributed by atoms with E-state index in [1.54, 1.807) is 24.8 Å². The number of methoxy groups -OCH3 is 2. The Kier molecular flexibility index (Phi) is 20.2. The summed E-state index contributed by atoms with van der Waals surface area (Å²) in [6.45, 7) is 9.06. The Morgan fingerprint density at radius 1 is 0.487 bits per heavy atom. The van der Waals surface area contributed by atoms with Crippen molar-refractivity contribution < 1.29 is 64.5 Å². The van der Waals surface area contributed by atoms with Crippen LogP contribution in [0.3, 0.4) is 0 Å². The van der Waals surface area contributed by atoms with Gasteiger partial charge in [-0.15, -0.1) is 0 Å². The molecule has 2 aliphatic carbocycles. The SMILES string of the molecule is COC(=O)CCOC1[C@H](C)CC(c2ccncc2CC(=O)c2ccc(F)c(-c3c(F)cccc3F)n2)C[C@@H]1C.COC(=O)CCOC1[C@H](C)CC(c2ccncc2CC(=O)c2ccc(F)c(-c3c(F)cccc3F)n2)C[C@@H]1C. The first-order chi connectivity index (χ1) is 37.4. The Hall–Kier alpha value is -7.18. The molecule has 8 rings (SSSR count). The molecule has 0 bridgehead atoms. The Morgan fingerprint density at radius 2 is 0.833 bits per heavy atom. The Balaban J connectivity index is 0.000000226. The van der Waals surface area contributed by atoms with Gasteiger partial charge in [0, 0.05) is 37.6 Å². The van der Waals surface area contributed by atoms with Crippen LogP contribution in [0, 0.1) is 58.6 Å². The van der Waals surface area contributed by atoms with Crippen molar-refractivity contribution in [1.29, 1.82) is 0 Å². The third kappa shape index (κ3) is 14.3. The number of aromatic nitrogens is 4. The quantitative estimate of drug-likeness (QED) is 0.0457. The van der Waals surface area contributed by atoms with Crippen LogP contribution in [0.25, 0.3) is 22.5 Å². The molecule has 8 atom stereocenters. The highest BCUT2D eigenvalue weighted by atomic mass is 19.2. The fourth-order valence-corrected chi connectivity index (χ4v) is 11.1. The summed E-state index contributed by atoms with van der Waals surface area (Å²) in [5, 5.41) is 0. The Labute approximate surface area is 449 Å². The number of halogens is 6. The summed E-state index contributed by atoms with van der Waals surface area (Å²) >= 11 is 0. The van der Waals surface area contributed by atoms with Gasteiger partial charge >= 0.3 is 11.9 Å². The average molecular weight is 1080 g/mol. The summed E-state index contributed by atoms with van der Waals surface area (Å²) in [4.78, 5) is 65.8. The van der Waals surface area contributed by atoms with E-state index in [-0.39, 0.29) is 96.7 Å². The van der Waals surface area contributed by atoms with Gasteiger partial charge in [0.05, 0.1) is 63.6 Å². The number of ether oxygens (including phenoxy) is 4. The van der Waals surface area contributed by atoms with Crippen molar-refractivity contribution in [2.45, 2.75) is 103 Å². The van der Waals surface area contributed by atoms with Crippen molar-refractivity contribution in [1.82, 2.24) is 19.9 Å². The van der Waals surface area contributed by atoms with Gasteiger partial charge in [-0.25, -0.2) is 36.3 Å². The lowest BCUT2D eigenvalue weighted by atomic mass is 9.71. The third-order valence-corrected chi connectivity index (χ3v) is 14.7. The van der Waals surface area contributed by atoms with Crippen molar-refractivity contribution in [2.75, 3.05) is 27.4 Å². The summed E-state index contributed by atoms with van der Waals surface area (Å²) in [7, 11) is 2.70. The van der Waals surface area contributed by atoms with Crippen molar-refractivity contribution in [3.8, 4) is 22.5 Å². The molecule has 0 amide bonds. The fraction of sp³-hybridized carbons (Fsp3) is 0.400. The van der Waals surface area contributed by atoms with E-state index in [1.807, 2.05) is 12.1 Å². The fourth-order valence-electron chi connectivity index (χ4n) is 11.1. The Bertz CT molecular complexity index is 2840. The maximum Gasteiger partial charge on any atom is 0.307 e. The maximum atomic E-state index is 14.5. The van der Waals surface area contributed by atoms with E-state index < -0.39 is 69.0 Å². The third-order valence-electron chi connectivity index (χ3n) is 14.7. The second-order valence-corrected chi connectivity index (χ2v) is 20.2. The number of Topliss-reactive ketones (excluding diaryl/α,β-unsaturated/α-hetero) is 2. The standard InChI is InChI=1S/2C30H31F3N2O4/c2*1-17-13-19(14-18(2)30(17)39-12-10-27(37)38-3)21-9-11-34-16-20(21)15-26(36)25-8-7-24(33)29(35-25)28-22(31)5-4-6-23(28)32/h2*4-9,11,16-19,30H,10,12-15H2,1-3H3/t2*17-,18+,19?,30?. The molecular formula is C60H62F6N4O8. The lowest BCUT2D eigenvalue weighted by Gasteiger charge is -2.39. The van der Waals surface area contributed by atoms with Gasteiger partial charge in [0.2, 0.25) is 0 Å². The summed E-state index contributed by atoms with van der Waals surface area (Å²) in [6, 6.07) is 14.6. The van der Waals surface area contributed by atoms with Crippen LogP contribution in [0.5, 0.6) is 0 Å². The van der Waals surface area contributed by atoms with E-state index >= 15 is 0 Å². The van der Waals surface area contributed by atoms with Crippen LogP contribution in [0.15, 0.2) is 97.6 Å². The van der Waals surface area contributed by atoms with Crippen LogP contribution >= 0.6 is 0 Å². The number of nitrogens with zero attached hydrogens (tertiary/aromatic N) is 4. The molecule has 0 N–H and O–H groups in total. The molecule has 12 nitrogen and oxygen atoms in total. The average Bonchev–Trinajstić information content (AvgIpc) is 3.41. The normalized spacial score (nSPS) is 21.0. The Morgan fingerprint density at radius 3 is 1.17 bits per heavy atom. The largest absolute Gasteiger partial charge is 0.469 e. The predicted octanol–water partition coefficient (Wildman–Crippen LogP) is 12.2. The van der Waals surface area contributed by atoms with Gasteiger partial charge in [-0.05, 0) is 144 Å². The molecule has 0 saturated heterocycles. The van der Waals surface area contributed by atoms with E-state index in [2.05, 4.69) is 57.1 Å². The molecule has 6 aromatic rings. The molecule has 2 aliphatic rings. The summed E-state index contributed by atoms with van der Waals surface area (Å²) in [5.74, 6) is -5.98. The van der Waals surface area contributed by atoms with Crippen molar-refractivity contribution in [3.63, 3.8) is 0 Å². The number of carbonyl (C=O) groups excluding carboxylic acids is 4. The number of benzene rings is 2. The molecule has 0 aliphatic heterocycles. The number of esters is 2. The van der Waals surface area contributed by atoms with E-state index in [0.717, 1.165) is 84.3 Å². The lowest BCUT2D eigenvalue weighted by molar-refractivity contribution is -0.144. The first-order valence-corrected chi connectivity index (χ1v) is 25.9. The predicted molar refractivity (Wildman–Crippen MR) is 277 cm³/mol. The van der Waals surface area contributed by atoms with Crippen LogP contribution in [-0.4, -0.2) is 83.1 Å². The molecular weight excluding hydrogens is 1020 g/mol. The molecule has 2 fully saturated rings. The first kappa shape index (κ1) is 58.5. The summed E-state index contributed by atoms with van der Waals surface area (Å²) in [6.07, 6.45) is 10.3. The van der Waals surface area contributed by atoms with Gasteiger partial charge in [0.25, 0.3) is 0 Å². The van der Waals surface area contributed by atoms with Crippen molar-refractivity contribution in [2.24, 2.45) is 23.7 Å². The topological polar surface area (TPSA) is 157 Å². The van der Waals surface area contributed by atoms with Gasteiger partial charge in [0.1, 0.15) is 57.7 Å². The molecule has 2 aromatic carbocycles. The minimum Gasteiger partial charge on any atom is -0.469 e. The van der Waals surface area contributed by atoms with E-state index in [9.17, 15) is 45.5 Å². The van der Waals surface area contributed by atoms with Crippen LogP contribution in [0.4, 0.5) is 26.3 Å². The van der Waals surface area contributed by atoms with E-state index in [4.69, 9.17) is 9.47 Å². The second-order valence-electron chi connectivity index (χ2n) is 20.2. The second kappa shape index (κ2) is 26.9. The minimum atomic E-state index is -0.964. The number of hydrogen-bond acceptors (Lipinski definition) is 12. The summed E-state index contributed by atoms with van der Waals surface area (Å²) < 4.78 is 108. The lowest BCUT2D eigenvalue weighted by Crippen LogP contribution is -2.36. The molecule has 4 aromatic heterocycles. The molecule has 412 valence electrons. The number of hydrogen-bond donors (Lipinski definition) is 0. The van der Waals surface area contributed by atoms with Crippen LogP contribution in [0.1, 0.15) is 121 Å². The van der Waals surface area contributed by atoms with Crippen LogP contribution < -0.4 is 0 Å². The molecule has 4 heterocycles. The highest BCUT2D eigenvalue weighted by Crippen LogP contribution is 2.43. The molecule has 2 saturated carbocycles. The zero-order chi connectivity index (χ0) is 56.2. The number of carbonyl (C=O) groups is 4. The first-order valence-electron chi connectivity index (χ1n) is 25.9.